The predicted octanol–water partition coefficient (Wildman–Crippen LogP) is 2.71. The normalized spacial score (nSPS) is 14.4. The summed E-state index contributed by atoms with van der Waals surface area (Å²) in [7, 11) is 0. The van der Waals surface area contributed by atoms with Crippen molar-refractivity contribution in [1.29, 1.82) is 0 Å². The summed E-state index contributed by atoms with van der Waals surface area (Å²) < 4.78 is 11.2. The molecule has 1 aromatic rings. The molecule has 94 valence electrons. The minimum absolute atomic E-state index is 0.279. The number of fused-ring (bicyclic) bond motifs is 1. The topological polar surface area (TPSA) is 38.7 Å². The molecule has 0 saturated heterocycles. The lowest BCUT2D eigenvalue weighted by atomic mass is 10.3. The summed E-state index contributed by atoms with van der Waals surface area (Å²) in [5, 5.41) is 8.71. The molecule has 1 aromatic carbocycles. The highest BCUT2D eigenvalue weighted by atomic mass is 32.2. The van der Waals surface area contributed by atoms with E-state index in [1.165, 1.54) is 4.90 Å². The van der Waals surface area contributed by atoms with Gasteiger partial charge in [-0.05, 0) is 36.8 Å². The van der Waals surface area contributed by atoms with Crippen molar-refractivity contribution >= 4 is 11.8 Å². The molecule has 0 aromatic heterocycles. The molecule has 1 aliphatic heterocycles. The quantitative estimate of drug-likeness (QED) is 0.647. The molecule has 0 spiro atoms. The van der Waals surface area contributed by atoms with Crippen LogP contribution in [0, 0.1) is 0 Å². The fourth-order valence-electron chi connectivity index (χ4n) is 1.64. The van der Waals surface area contributed by atoms with Gasteiger partial charge in [0.25, 0.3) is 0 Å². The second-order valence-electron chi connectivity index (χ2n) is 3.94. The van der Waals surface area contributed by atoms with E-state index in [4.69, 9.17) is 14.6 Å². The fourth-order valence-corrected chi connectivity index (χ4v) is 2.58. The third-order valence-electron chi connectivity index (χ3n) is 2.54. The number of hydrogen-bond acceptors (Lipinski definition) is 4. The number of aliphatic hydroxyl groups excluding tert-OH is 1. The molecule has 0 atom stereocenters. The van der Waals surface area contributed by atoms with Gasteiger partial charge in [-0.3, -0.25) is 0 Å². The Bertz CT molecular complexity index is 355. The van der Waals surface area contributed by atoms with E-state index in [0.29, 0.717) is 0 Å². The van der Waals surface area contributed by atoms with Crippen molar-refractivity contribution in [2.24, 2.45) is 0 Å². The van der Waals surface area contributed by atoms with E-state index in [9.17, 15) is 0 Å². The van der Waals surface area contributed by atoms with Gasteiger partial charge in [0.2, 0.25) is 0 Å². The molecule has 1 aliphatic rings. The molecular formula is C13H18O3S. The number of hydrogen-bond donors (Lipinski definition) is 1. The molecular weight excluding hydrogens is 236 g/mol. The highest BCUT2D eigenvalue weighted by Gasteiger charge is 2.10. The molecule has 4 heteroatoms. The smallest absolute Gasteiger partial charge is 0.162 e. The molecule has 17 heavy (non-hydrogen) atoms. The Labute approximate surface area is 106 Å². The summed E-state index contributed by atoms with van der Waals surface area (Å²) in [6.07, 6.45) is 2.85. The van der Waals surface area contributed by atoms with Crippen LogP contribution in [0.2, 0.25) is 0 Å². The van der Waals surface area contributed by atoms with E-state index < -0.39 is 0 Å². The average molecular weight is 254 g/mol. The molecule has 2 rings (SSSR count). The van der Waals surface area contributed by atoms with Gasteiger partial charge in [-0.15, -0.1) is 11.8 Å². The largest absolute Gasteiger partial charge is 0.490 e. The van der Waals surface area contributed by atoms with E-state index in [2.05, 4.69) is 6.07 Å². The van der Waals surface area contributed by atoms with Crippen LogP contribution in [-0.4, -0.2) is 30.7 Å². The minimum atomic E-state index is 0.279. The Morgan fingerprint density at radius 2 is 1.94 bits per heavy atom. The molecule has 0 aliphatic carbocycles. The van der Waals surface area contributed by atoms with Gasteiger partial charge in [0.15, 0.2) is 11.5 Å². The number of aliphatic hydroxyl groups is 1. The third kappa shape index (κ3) is 3.82. The van der Waals surface area contributed by atoms with Crippen molar-refractivity contribution in [3.05, 3.63) is 18.2 Å². The summed E-state index contributed by atoms with van der Waals surface area (Å²) in [5.41, 5.74) is 0. The zero-order valence-corrected chi connectivity index (χ0v) is 10.7. The first-order chi connectivity index (χ1) is 8.40. The van der Waals surface area contributed by atoms with Gasteiger partial charge in [0, 0.05) is 17.9 Å². The molecule has 3 nitrogen and oxygen atoms in total. The fraction of sp³-hybridized carbons (Fsp3) is 0.538. The Balaban J connectivity index is 1.93. The first kappa shape index (κ1) is 12.6. The number of benzene rings is 1. The van der Waals surface area contributed by atoms with Crippen LogP contribution < -0.4 is 9.47 Å². The van der Waals surface area contributed by atoms with Gasteiger partial charge in [-0.25, -0.2) is 0 Å². The lowest BCUT2D eigenvalue weighted by Gasteiger charge is -2.08. The van der Waals surface area contributed by atoms with Crippen LogP contribution >= 0.6 is 11.8 Å². The summed E-state index contributed by atoms with van der Waals surface area (Å²) in [6, 6.07) is 6.09. The highest BCUT2D eigenvalue weighted by Crippen LogP contribution is 2.34. The first-order valence-electron chi connectivity index (χ1n) is 6.03. The van der Waals surface area contributed by atoms with Crippen molar-refractivity contribution in [3.63, 3.8) is 0 Å². The minimum Gasteiger partial charge on any atom is -0.490 e. The van der Waals surface area contributed by atoms with Crippen LogP contribution in [0.25, 0.3) is 0 Å². The van der Waals surface area contributed by atoms with Crippen LogP contribution in [0.5, 0.6) is 11.5 Å². The molecule has 0 bridgehead atoms. The van der Waals surface area contributed by atoms with Gasteiger partial charge in [-0.2, -0.15) is 0 Å². The highest BCUT2D eigenvalue weighted by molar-refractivity contribution is 7.99. The summed E-state index contributed by atoms with van der Waals surface area (Å²) in [6.45, 7) is 1.74. The molecule has 1 heterocycles. The van der Waals surface area contributed by atoms with Gasteiger partial charge < -0.3 is 14.6 Å². The van der Waals surface area contributed by atoms with Gasteiger partial charge in [0.05, 0.1) is 13.2 Å². The van der Waals surface area contributed by atoms with Crippen LogP contribution in [-0.2, 0) is 0 Å². The number of ether oxygens (including phenoxy) is 2. The molecule has 0 unspecified atom stereocenters. The maximum Gasteiger partial charge on any atom is 0.162 e. The summed E-state index contributed by atoms with van der Waals surface area (Å²) >= 11 is 1.79. The zero-order chi connectivity index (χ0) is 11.9. The Morgan fingerprint density at radius 3 is 2.76 bits per heavy atom. The van der Waals surface area contributed by atoms with Crippen molar-refractivity contribution in [2.45, 2.75) is 24.2 Å². The van der Waals surface area contributed by atoms with Crippen molar-refractivity contribution in [1.82, 2.24) is 0 Å². The van der Waals surface area contributed by atoms with Crippen LogP contribution in [0.3, 0.4) is 0 Å². The maximum absolute atomic E-state index is 8.71. The van der Waals surface area contributed by atoms with E-state index in [0.717, 1.165) is 49.7 Å². The lowest BCUT2D eigenvalue weighted by Crippen LogP contribution is -1.97. The van der Waals surface area contributed by atoms with Crippen LogP contribution in [0.4, 0.5) is 0 Å². The second-order valence-corrected chi connectivity index (χ2v) is 5.11. The zero-order valence-electron chi connectivity index (χ0n) is 9.85. The predicted molar refractivity (Wildman–Crippen MR) is 69.1 cm³/mol. The Hall–Kier alpha value is -0.870. The standard InChI is InChI=1S/C13H18O3S/c14-6-1-2-9-17-11-4-5-12-13(10-11)16-8-3-7-15-12/h4-5,10,14H,1-3,6-9H2. The molecule has 0 radical (unpaired) electrons. The first-order valence-corrected chi connectivity index (χ1v) is 7.02. The number of unbranched alkanes of at least 4 members (excludes halogenated alkanes) is 1. The Kier molecular flexibility index (Phi) is 5.01. The summed E-state index contributed by atoms with van der Waals surface area (Å²) in [4.78, 5) is 1.20. The van der Waals surface area contributed by atoms with Gasteiger partial charge in [-0.1, -0.05) is 0 Å². The third-order valence-corrected chi connectivity index (χ3v) is 3.62. The van der Waals surface area contributed by atoms with Gasteiger partial charge >= 0.3 is 0 Å². The number of thioether (sulfide) groups is 1. The van der Waals surface area contributed by atoms with Crippen LogP contribution in [0.15, 0.2) is 23.1 Å². The van der Waals surface area contributed by atoms with Crippen molar-refractivity contribution in [3.8, 4) is 11.5 Å². The monoisotopic (exact) mass is 254 g/mol. The Morgan fingerprint density at radius 1 is 1.12 bits per heavy atom. The van der Waals surface area contributed by atoms with E-state index in [-0.39, 0.29) is 6.61 Å². The summed E-state index contributed by atoms with van der Waals surface area (Å²) in [5.74, 6) is 2.73. The molecule has 1 N–H and O–H groups in total. The SMILES string of the molecule is OCCCCSc1ccc2c(c1)OCCCO2. The second kappa shape index (κ2) is 6.77. The van der Waals surface area contributed by atoms with Crippen molar-refractivity contribution in [2.75, 3.05) is 25.6 Å². The number of rotatable bonds is 5. The molecule has 0 amide bonds. The van der Waals surface area contributed by atoms with E-state index in [1.807, 2.05) is 12.1 Å². The van der Waals surface area contributed by atoms with E-state index >= 15 is 0 Å². The molecule has 0 fully saturated rings. The maximum atomic E-state index is 8.71. The lowest BCUT2D eigenvalue weighted by molar-refractivity contribution is 0.287. The van der Waals surface area contributed by atoms with Crippen molar-refractivity contribution < 1.29 is 14.6 Å². The van der Waals surface area contributed by atoms with Gasteiger partial charge in [0.1, 0.15) is 0 Å². The van der Waals surface area contributed by atoms with Crippen LogP contribution in [0.1, 0.15) is 19.3 Å². The van der Waals surface area contributed by atoms with E-state index in [1.54, 1.807) is 11.8 Å². The average Bonchev–Trinajstić information content (AvgIpc) is 2.59. The molecule has 0 saturated carbocycles.